The molecule has 1 saturated carbocycles. The van der Waals surface area contributed by atoms with Crippen LogP contribution < -0.4 is 0 Å². The lowest BCUT2D eigenvalue weighted by molar-refractivity contribution is 0.130. The topological polar surface area (TPSA) is 57.7 Å². The first-order valence-corrected chi connectivity index (χ1v) is 8.94. The summed E-state index contributed by atoms with van der Waals surface area (Å²) in [5.74, 6) is 1.95. The van der Waals surface area contributed by atoms with Gasteiger partial charge in [0.15, 0.2) is 0 Å². The fraction of sp³-hybridized carbons (Fsp3) is 0.526. The Hall–Kier alpha value is -2.19. The normalized spacial score (nSPS) is 21.5. The van der Waals surface area contributed by atoms with Gasteiger partial charge >= 0.3 is 0 Å². The van der Waals surface area contributed by atoms with Crippen LogP contribution in [0.3, 0.4) is 0 Å². The lowest BCUT2D eigenvalue weighted by Gasteiger charge is -2.35. The minimum atomic E-state index is 0.339. The number of aromatic nitrogens is 3. The van der Waals surface area contributed by atoms with Crippen molar-refractivity contribution in [3.05, 3.63) is 47.5 Å². The van der Waals surface area contributed by atoms with Gasteiger partial charge in [-0.2, -0.15) is 5.26 Å². The third-order valence-corrected chi connectivity index (χ3v) is 5.15. The van der Waals surface area contributed by atoms with E-state index >= 15 is 0 Å². The molecule has 5 heteroatoms. The predicted octanol–water partition coefficient (Wildman–Crippen LogP) is 3.29. The van der Waals surface area contributed by atoms with E-state index in [0.717, 1.165) is 43.4 Å². The Bertz CT molecular complexity index is 740. The van der Waals surface area contributed by atoms with Crippen molar-refractivity contribution in [1.29, 1.82) is 5.26 Å². The molecule has 4 rings (SSSR count). The molecular formula is C19H23N5. The molecule has 1 atom stereocenters. The maximum atomic E-state index is 9.11. The molecule has 0 amide bonds. The summed E-state index contributed by atoms with van der Waals surface area (Å²) in [5, 5.41) is 17.8. The maximum absolute atomic E-state index is 9.11. The van der Waals surface area contributed by atoms with E-state index < -0.39 is 0 Å². The maximum Gasteiger partial charge on any atom is 0.150 e. The molecule has 1 aliphatic heterocycles. The van der Waals surface area contributed by atoms with Crippen LogP contribution in [0.1, 0.15) is 55.1 Å². The standard InChI is InChI=1S/C19H23N5/c20-11-16-4-3-5-17(10-16)13-23-9-2-1-6-18(23)19-22-21-14-24(19)12-15-7-8-15/h3-5,10,14-15,18H,1-2,6-9,12-13H2. The summed E-state index contributed by atoms with van der Waals surface area (Å²) in [7, 11) is 0. The first-order valence-electron chi connectivity index (χ1n) is 8.94. The van der Waals surface area contributed by atoms with Gasteiger partial charge in [-0.15, -0.1) is 10.2 Å². The van der Waals surface area contributed by atoms with Gasteiger partial charge in [0.2, 0.25) is 0 Å². The third kappa shape index (κ3) is 3.34. The first-order chi connectivity index (χ1) is 11.8. The van der Waals surface area contributed by atoms with Gasteiger partial charge in [-0.25, -0.2) is 0 Å². The second-order valence-electron chi connectivity index (χ2n) is 7.08. The molecule has 5 nitrogen and oxygen atoms in total. The van der Waals surface area contributed by atoms with Crippen LogP contribution in [0, 0.1) is 17.2 Å². The van der Waals surface area contributed by atoms with Gasteiger partial charge in [0.25, 0.3) is 0 Å². The van der Waals surface area contributed by atoms with Crippen LogP contribution in [0.25, 0.3) is 0 Å². The number of nitrogens with zero attached hydrogens (tertiary/aromatic N) is 5. The van der Waals surface area contributed by atoms with Crippen molar-refractivity contribution in [3.63, 3.8) is 0 Å². The number of rotatable bonds is 5. The number of benzene rings is 1. The van der Waals surface area contributed by atoms with Crippen LogP contribution in [-0.4, -0.2) is 26.2 Å². The van der Waals surface area contributed by atoms with Crippen molar-refractivity contribution in [2.75, 3.05) is 6.54 Å². The van der Waals surface area contributed by atoms with Crippen LogP contribution in [0.15, 0.2) is 30.6 Å². The quantitative estimate of drug-likeness (QED) is 0.848. The molecule has 124 valence electrons. The molecule has 1 saturated heterocycles. The zero-order valence-electron chi connectivity index (χ0n) is 13.9. The fourth-order valence-corrected chi connectivity index (χ4v) is 3.69. The average Bonchev–Trinajstić information content (AvgIpc) is 3.31. The number of piperidine rings is 1. The molecule has 0 spiro atoms. The molecule has 1 aromatic carbocycles. The minimum Gasteiger partial charge on any atom is -0.316 e. The highest BCUT2D eigenvalue weighted by Crippen LogP contribution is 2.34. The number of hydrogen-bond donors (Lipinski definition) is 0. The van der Waals surface area contributed by atoms with E-state index in [1.165, 1.54) is 31.2 Å². The van der Waals surface area contributed by atoms with E-state index in [0.29, 0.717) is 6.04 Å². The highest BCUT2D eigenvalue weighted by atomic mass is 15.3. The molecule has 0 bridgehead atoms. The van der Waals surface area contributed by atoms with Gasteiger partial charge in [0.05, 0.1) is 17.7 Å². The van der Waals surface area contributed by atoms with Crippen molar-refractivity contribution in [3.8, 4) is 6.07 Å². The Morgan fingerprint density at radius 3 is 2.96 bits per heavy atom. The molecule has 2 aliphatic rings. The van der Waals surface area contributed by atoms with E-state index in [1.54, 1.807) is 0 Å². The van der Waals surface area contributed by atoms with Crippen LogP contribution >= 0.6 is 0 Å². The summed E-state index contributed by atoms with van der Waals surface area (Å²) in [5.41, 5.74) is 1.94. The summed E-state index contributed by atoms with van der Waals surface area (Å²) >= 11 is 0. The van der Waals surface area contributed by atoms with E-state index in [9.17, 15) is 0 Å². The van der Waals surface area contributed by atoms with E-state index in [2.05, 4.69) is 31.8 Å². The van der Waals surface area contributed by atoms with Crippen LogP contribution in [0.4, 0.5) is 0 Å². The van der Waals surface area contributed by atoms with Crippen molar-refractivity contribution in [1.82, 2.24) is 19.7 Å². The molecule has 1 aromatic heterocycles. The summed E-state index contributed by atoms with van der Waals surface area (Å²) in [6.45, 7) is 3.02. The summed E-state index contributed by atoms with van der Waals surface area (Å²) in [6, 6.07) is 10.5. The summed E-state index contributed by atoms with van der Waals surface area (Å²) in [6.07, 6.45) is 8.19. The molecule has 2 heterocycles. The Balaban J connectivity index is 1.54. The smallest absolute Gasteiger partial charge is 0.150 e. The lowest BCUT2D eigenvalue weighted by Crippen LogP contribution is -2.34. The van der Waals surface area contributed by atoms with Gasteiger partial charge in [0.1, 0.15) is 12.2 Å². The first kappa shape index (κ1) is 15.3. The van der Waals surface area contributed by atoms with Crippen LogP contribution in [-0.2, 0) is 13.1 Å². The molecule has 0 radical (unpaired) electrons. The average molecular weight is 321 g/mol. The van der Waals surface area contributed by atoms with Gasteiger partial charge in [-0.3, -0.25) is 4.90 Å². The van der Waals surface area contributed by atoms with Crippen molar-refractivity contribution in [2.24, 2.45) is 5.92 Å². The van der Waals surface area contributed by atoms with Gasteiger partial charge in [0, 0.05) is 13.1 Å². The Morgan fingerprint density at radius 1 is 1.21 bits per heavy atom. The molecule has 1 aliphatic carbocycles. The number of nitriles is 1. The Kier molecular flexibility index (Phi) is 4.31. The fourth-order valence-electron chi connectivity index (χ4n) is 3.69. The molecule has 1 unspecified atom stereocenters. The van der Waals surface area contributed by atoms with E-state index in [-0.39, 0.29) is 0 Å². The second-order valence-corrected chi connectivity index (χ2v) is 7.08. The van der Waals surface area contributed by atoms with Crippen LogP contribution in [0.2, 0.25) is 0 Å². The molecule has 2 aromatic rings. The van der Waals surface area contributed by atoms with E-state index in [4.69, 9.17) is 5.26 Å². The number of hydrogen-bond acceptors (Lipinski definition) is 4. The van der Waals surface area contributed by atoms with Gasteiger partial charge in [-0.1, -0.05) is 18.6 Å². The van der Waals surface area contributed by atoms with Crippen molar-refractivity contribution < 1.29 is 0 Å². The Morgan fingerprint density at radius 2 is 2.12 bits per heavy atom. The highest BCUT2D eigenvalue weighted by molar-refractivity contribution is 5.32. The molecule has 0 N–H and O–H groups in total. The largest absolute Gasteiger partial charge is 0.316 e. The summed E-state index contributed by atoms with van der Waals surface area (Å²) < 4.78 is 2.27. The lowest BCUT2D eigenvalue weighted by atomic mass is 10.00. The highest BCUT2D eigenvalue weighted by Gasteiger charge is 2.30. The van der Waals surface area contributed by atoms with Gasteiger partial charge < -0.3 is 4.57 Å². The summed E-state index contributed by atoms with van der Waals surface area (Å²) in [4.78, 5) is 2.51. The van der Waals surface area contributed by atoms with E-state index in [1.807, 2.05) is 24.5 Å². The zero-order valence-corrected chi connectivity index (χ0v) is 13.9. The molecule has 24 heavy (non-hydrogen) atoms. The zero-order chi connectivity index (χ0) is 16.4. The predicted molar refractivity (Wildman–Crippen MR) is 90.9 cm³/mol. The Labute approximate surface area is 142 Å². The minimum absolute atomic E-state index is 0.339. The SMILES string of the molecule is N#Cc1cccc(CN2CCCCC2c2nncn2CC2CC2)c1. The molecular weight excluding hydrogens is 298 g/mol. The molecule has 2 fully saturated rings. The third-order valence-electron chi connectivity index (χ3n) is 5.15. The van der Waals surface area contributed by atoms with Crippen molar-refractivity contribution in [2.45, 2.75) is 51.2 Å². The number of likely N-dealkylation sites (tertiary alicyclic amines) is 1. The van der Waals surface area contributed by atoms with Crippen LogP contribution in [0.5, 0.6) is 0 Å². The monoisotopic (exact) mass is 321 g/mol. The van der Waals surface area contributed by atoms with Gasteiger partial charge in [-0.05, 0) is 55.8 Å². The van der Waals surface area contributed by atoms with Crippen molar-refractivity contribution >= 4 is 0 Å². The second kappa shape index (κ2) is 6.74.